The molecule has 1 aromatic rings. The second kappa shape index (κ2) is 5.40. The van der Waals surface area contributed by atoms with E-state index in [2.05, 4.69) is 6.58 Å². The van der Waals surface area contributed by atoms with Gasteiger partial charge in [-0.1, -0.05) is 54.8 Å². The minimum absolute atomic E-state index is 0.475. The third kappa shape index (κ3) is 2.74. The molecule has 0 fully saturated rings. The zero-order valence-corrected chi connectivity index (χ0v) is 10.3. The molecule has 0 aromatic heterocycles. The summed E-state index contributed by atoms with van der Waals surface area (Å²) in [6, 6.07) is 9.98. The Morgan fingerprint density at radius 2 is 1.93 bits per heavy atom. The zero-order chi connectivity index (χ0) is 10.4. The van der Waals surface area contributed by atoms with Crippen LogP contribution < -0.4 is 5.19 Å². The lowest BCUT2D eigenvalue weighted by molar-refractivity contribution is 1.74. The second-order valence-corrected chi connectivity index (χ2v) is 8.68. The van der Waals surface area contributed by atoms with E-state index >= 15 is 0 Å². The predicted molar refractivity (Wildman–Crippen MR) is 67.7 cm³/mol. The van der Waals surface area contributed by atoms with Gasteiger partial charge in [0.1, 0.15) is 0 Å². The van der Waals surface area contributed by atoms with Crippen molar-refractivity contribution in [2.75, 3.05) is 5.50 Å². The number of benzene rings is 1. The van der Waals surface area contributed by atoms with Crippen molar-refractivity contribution in [1.82, 2.24) is 0 Å². The van der Waals surface area contributed by atoms with E-state index in [1.54, 1.807) is 6.08 Å². The van der Waals surface area contributed by atoms with Crippen molar-refractivity contribution in [2.45, 2.75) is 0 Å². The average Bonchev–Trinajstić information content (AvgIpc) is 2.27. The van der Waals surface area contributed by atoms with Crippen molar-refractivity contribution >= 4 is 35.3 Å². The van der Waals surface area contributed by atoms with E-state index in [4.69, 9.17) is 22.7 Å². The highest BCUT2D eigenvalue weighted by molar-refractivity contribution is 7.32. The minimum Gasteiger partial charge on any atom is -0.154 e. The Kier molecular flexibility index (Phi) is 4.46. The summed E-state index contributed by atoms with van der Waals surface area (Å²) >= 11 is 12.4. The first-order chi connectivity index (χ1) is 6.73. The summed E-state index contributed by atoms with van der Waals surface area (Å²) in [6.45, 7) is 3.63. The summed E-state index contributed by atoms with van der Waals surface area (Å²) in [6.07, 6.45) is 3.59. The lowest BCUT2D eigenvalue weighted by atomic mass is 10.4. The van der Waals surface area contributed by atoms with Crippen molar-refractivity contribution in [1.29, 1.82) is 0 Å². The van der Waals surface area contributed by atoms with Crippen LogP contribution in [-0.2, 0) is 0 Å². The van der Waals surface area contributed by atoms with Crippen LogP contribution in [0.1, 0.15) is 0 Å². The average molecular weight is 243 g/mol. The third-order valence-corrected chi connectivity index (χ3v) is 7.46. The first kappa shape index (κ1) is 11.6. The Morgan fingerprint density at radius 1 is 1.29 bits per heavy atom. The van der Waals surface area contributed by atoms with Gasteiger partial charge >= 0.3 is 0 Å². The summed E-state index contributed by atoms with van der Waals surface area (Å²) in [7, 11) is -2.13. The standard InChI is InChI=1S/C11H12Cl2Si/c1-2-3-9-14(13,10-12)11-7-5-4-6-8-11/h2-9H,1,10H2/b9-3+. The van der Waals surface area contributed by atoms with Gasteiger partial charge in [0.15, 0.2) is 0 Å². The van der Waals surface area contributed by atoms with E-state index in [0.29, 0.717) is 5.50 Å². The topological polar surface area (TPSA) is 0 Å². The summed E-state index contributed by atoms with van der Waals surface area (Å²) in [5.41, 5.74) is 2.47. The molecule has 14 heavy (non-hydrogen) atoms. The van der Waals surface area contributed by atoms with Gasteiger partial charge in [-0.05, 0) is 5.19 Å². The molecule has 0 spiro atoms. The molecule has 74 valence electrons. The number of hydrogen-bond acceptors (Lipinski definition) is 0. The first-order valence-corrected chi connectivity index (χ1v) is 8.16. The third-order valence-electron chi connectivity index (χ3n) is 1.94. The zero-order valence-electron chi connectivity index (χ0n) is 7.79. The fraction of sp³-hybridized carbons (Fsp3) is 0.0909. The molecule has 0 aliphatic rings. The maximum atomic E-state index is 6.50. The maximum Gasteiger partial charge on any atom is 0.224 e. The fourth-order valence-corrected chi connectivity index (χ4v) is 4.10. The molecular weight excluding hydrogens is 231 g/mol. The Bertz CT molecular complexity index is 321. The minimum atomic E-state index is -2.13. The number of rotatable bonds is 4. The molecule has 0 radical (unpaired) electrons. The second-order valence-electron chi connectivity index (χ2n) is 2.96. The highest BCUT2D eigenvalue weighted by atomic mass is 35.6. The van der Waals surface area contributed by atoms with Crippen molar-refractivity contribution in [3.8, 4) is 0 Å². The highest BCUT2D eigenvalue weighted by Gasteiger charge is 2.28. The molecule has 0 aliphatic carbocycles. The van der Waals surface area contributed by atoms with Crippen molar-refractivity contribution in [2.24, 2.45) is 0 Å². The molecule has 1 rings (SSSR count). The van der Waals surface area contributed by atoms with E-state index in [-0.39, 0.29) is 0 Å². The molecule has 0 aliphatic heterocycles. The van der Waals surface area contributed by atoms with Gasteiger partial charge in [-0.3, -0.25) is 0 Å². The van der Waals surface area contributed by atoms with Crippen molar-refractivity contribution < 1.29 is 0 Å². The Balaban J connectivity index is 3.01. The molecule has 0 heterocycles. The number of halogens is 2. The van der Waals surface area contributed by atoms with Crippen LogP contribution in [0.15, 0.2) is 54.8 Å². The molecule has 1 unspecified atom stereocenters. The van der Waals surface area contributed by atoms with E-state index in [1.165, 1.54) is 0 Å². The Morgan fingerprint density at radius 3 is 2.43 bits per heavy atom. The SMILES string of the molecule is C=C/C=C/[Si](Cl)(CCl)c1ccccc1. The van der Waals surface area contributed by atoms with Crippen molar-refractivity contribution in [3.63, 3.8) is 0 Å². The molecule has 3 heteroatoms. The van der Waals surface area contributed by atoms with Crippen LogP contribution in [0, 0.1) is 0 Å². The maximum absolute atomic E-state index is 6.50. The van der Waals surface area contributed by atoms with Crippen LogP contribution >= 0.6 is 22.7 Å². The van der Waals surface area contributed by atoms with Crippen molar-refractivity contribution in [3.05, 3.63) is 54.8 Å². The molecular formula is C11H12Cl2Si. The summed E-state index contributed by atoms with van der Waals surface area (Å²) in [4.78, 5) is 0. The summed E-state index contributed by atoms with van der Waals surface area (Å²) in [5.74, 6) is 0. The molecule has 0 amide bonds. The number of alkyl halides is 1. The lowest BCUT2D eigenvalue weighted by Gasteiger charge is -2.17. The Labute approximate surface area is 95.6 Å². The molecule has 0 saturated heterocycles. The largest absolute Gasteiger partial charge is 0.224 e. The summed E-state index contributed by atoms with van der Waals surface area (Å²) in [5, 5.41) is 1.13. The van der Waals surface area contributed by atoms with Gasteiger partial charge in [-0.15, -0.1) is 11.6 Å². The smallest absolute Gasteiger partial charge is 0.154 e. The van der Waals surface area contributed by atoms with Crippen LogP contribution in [0.5, 0.6) is 0 Å². The van der Waals surface area contributed by atoms with Crippen LogP contribution in [0.4, 0.5) is 0 Å². The van der Waals surface area contributed by atoms with E-state index < -0.39 is 7.38 Å². The lowest BCUT2D eigenvalue weighted by Crippen LogP contribution is -2.43. The van der Waals surface area contributed by atoms with Crippen LogP contribution in [0.3, 0.4) is 0 Å². The predicted octanol–water partition coefficient (Wildman–Crippen LogP) is 3.14. The number of allylic oxidation sites excluding steroid dienone is 2. The van der Waals surface area contributed by atoms with E-state index in [1.807, 2.05) is 42.1 Å². The fourth-order valence-electron chi connectivity index (χ4n) is 1.15. The highest BCUT2D eigenvalue weighted by Crippen LogP contribution is 2.13. The summed E-state index contributed by atoms with van der Waals surface area (Å²) < 4.78 is 0. The van der Waals surface area contributed by atoms with Crippen LogP contribution in [0.25, 0.3) is 0 Å². The van der Waals surface area contributed by atoms with Crippen LogP contribution in [-0.4, -0.2) is 12.9 Å². The van der Waals surface area contributed by atoms with Gasteiger partial charge in [0, 0.05) is 5.50 Å². The molecule has 1 aromatic carbocycles. The van der Waals surface area contributed by atoms with Gasteiger partial charge in [0.25, 0.3) is 0 Å². The van der Waals surface area contributed by atoms with Gasteiger partial charge in [0.2, 0.25) is 7.38 Å². The monoisotopic (exact) mass is 242 g/mol. The van der Waals surface area contributed by atoms with Gasteiger partial charge in [-0.25, -0.2) is 0 Å². The van der Waals surface area contributed by atoms with Gasteiger partial charge in [-0.2, -0.15) is 11.1 Å². The van der Waals surface area contributed by atoms with Gasteiger partial charge < -0.3 is 0 Å². The molecule has 0 bridgehead atoms. The van der Waals surface area contributed by atoms with Gasteiger partial charge in [0.05, 0.1) is 0 Å². The quantitative estimate of drug-likeness (QED) is 0.330. The van der Waals surface area contributed by atoms with E-state index in [9.17, 15) is 0 Å². The molecule has 0 saturated carbocycles. The molecule has 0 nitrogen and oxygen atoms in total. The first-order valence-electron chi connectivity index (χ1n) is 4.33. The molecule has 1 atom stereocenters. The molecule has 0 N–H and O–H groups in total. The number of hydrogen-bond donors (Lipinski definition) is 0. The van der Waals surface area contributed by atoms with Crippen LogP contribution in [0.2, 0.25) is 0 Å². The van der Waals surface area contributed by atoms with E-state index in [0.717, 1.165) is 5.19 Å². The normalized spacial score (nSPS) is 15.3. The Hall–Kier alpha value is -0.503.